The molecule has 0 aromatic rings. The maximum atomic E-state index is 2.38. The average Bonchev–Trinajstić information content (AvgIpc) is 1.68. The molecule has 0 saturated carbocycles. The topological polar surface area (TPSA) is 0 Å². The zero-order chi connectivity index (χ0) is 5.91. The molecule has 0 amide bonds. The Balaban J connectivity index is 0. The van der Waals surface area contributed by atoms with Gasteiger partial charge >= 0.3 is 0 Å². The summed E-state index contributed by atoms with van der Waals surface area (Å²) in [6.07, 6.45) is 4.76. The van der Waals surface area contributed by atoms with Crippen LogP contribution in [-0.2, 0) is 19.5 Å². The molecule has 0 atom stereocenters. The SMILES string of the molecule is CCS(C)(C)CC.[Zn]. The number of hydrogen-bond acceptors (Lipinski definition) is 0. The van der Waals surface area contributed by atoms with Gasteiger partial charge in [-0.2, -0.15) is 0 Å². The van der Waals surface area contributed by atoms with Gasteiger partial charge in [0.15, 0.2) is 0 Å². The van der Waals surface area contributed by atoms with E-state index in [4.69, 9.17) is 0 Å². The molecule has 0 rings (SSSR count). The molecule has 2 heteroatoms. The van der Waals surface area contributed by atoms with Crippen LogP contribution in [0.1, 0.15) is 13.8 Å². The normalized spacial score (nSPS) is 12.5. The summed E-state index contributed by atoms with van der Waals surface area (Å²) in [5.74, 6) is 2.76. The van der Waals surface area contributed by atoms with Crippen LogP contribution in [0.3, 0.4) is 0 Å². The quantitative estimate of drug-likeness (QED) is 0.578. The Morgan fingerprint density at radius 2 is 1.25 bits per heavy atom. The molecule has 0 aliphatic heterocycles. The van der Waals surface area contributed by atoms with Crippen molar-refractivity contribution in [2.45, 2.75) is 13.8 Å². The fraction of sp³-hybridized carbons (Fsp3) is 1.00. The second kappa shape index (κ2) is 4.82. The van der Waals surface area contributed by atoms with Crippen LogP contribution < -0.4 is 0 Å². The molecule has 0 heterocycles. The predicted octanol–water partition coefficient (Wildman–Crippen LogP) is 2.09. The van der Waals surface area contributed by atoms with Gasteiger partial charge in [0.2, 0.25) is 0 Å². The Hall–Kier alpha value is 0.973. The van der Waals surface area contributed by atoms with Crippen molar-refractivity contribution in [1.82, 2.24) is 0 Å². The molecule has 0 aliphatic rings. The number of hydrogen-bond donors (Lipinski definition) is 0. The molecule has 0 bridgehead atoms. The van der Waals surface area contributed by atoms with Crippen LogP contribution in [0.15, 0.2) is 0 Å². The maximum absolute atomic E-state index is 2.38. The first kappa shape index (κ1) is 11.7. The predicted molar refractivity (Wildman–Crippen MR) is 40.5 cm³/mol. The van der Waals surface area contributed by atoms with E-state index in [1.165, 1.54) is 11.5 Å². The minimum atomic E-state index is -0.157. The van der Waals surface area contributed by atoms with E-state index in [2.05, 4.69) is 26.4 Å². The first-order valence-electron chi connectivity index (χ1n) is 2.81. The Labute approximate surface area is 67.5 Å². The van der Waals surface area contributed by atoms with E-state index < -0.39 is 0 Å². The summed E-state index contributed by atoms with van der Waals surface area (Å²) in [7, 11) is -0.157. The van der Waals surface area contributed by atoms with Gasteiger partial charge in [-0.3, -0.25) is 0 Å². The van der Waals surface area contributed by atoms with Crippen LogP contribution in [0.25, 0.3) is 0 Å². The molecule has 0 N–H and O–H groups in total. The van der Waals surface area contributed by atoms with Gasteiger partial charge in [-0.1, -0.05) is 13.8 Å². The minimum absolute atomic E-state index is 0. The molecule has 0 unspecified atom stereocenters. The second-order valence-corrected chi connectivity index (χ2v) is 7.03. The third kappa shape index (κ3) is 5.12. The summed E-state index contributed by atoms with van der Waals surface area (Å²) in [5.41, 5.74) is 0. The average molecular weight is 186 g/mol. The van der Waals surface area contributed by atoms with Crippen LogP contribution in [0.4, 0.5) is 0 Å². The summed E-state index contributed by atoms with van der Waals surface area (Å²) < 4.78 is 0. The fourth-order valence-corrected chi connectivity index (χ4v) is 0.612. The second-order valence-electron chi connectivity index (χ2n) is 2.34. The summed E-state index contributed by atoms with van der Waals surface area (Å²) >= 11 is 0. The summed E-state index contributed by atoms with van der Waals surface area (Å²) in [6.45, 7) is 4.55. The third-order valence-electron chi connectivity index (χ3n) is 1.56. The van der Waals surface area contributed by atoms with Gasteiger partial charge in [-0.15, -0.1) is 0 Å². The molecule has 0 aromatic carbocycles. The fourth-order valence-electron chi connectivity index (χ4n) is 0.204. The van der Waals surface area contributed by atoms with Gasteiger partial charge in [0, 0.05) is 19.5 Å². The van der Waals surface area contributed by atoms with Crippen molar-refractivity contribution < 1.29 is 19.5 Å². The Morgan fingerprint density at radius 1 is 1.00 bits per heavy atom. The van der Waals surface area contributed by atoms with Gasteiger partial charge in [0.05, 0.1) is 0 Å². The van der Waals surface area contributed by atoms with Gasteiger partial charge in [-0.05, 0) is 24.0 Å². The van der Waals surface area contributed by atoms with Crippen LogP contribution >= 0.6 is 10.0 Å². The van der Waals surface area contributed by atoms with Crippen molar-refractivity contribution in [3.05, 3.63) is 0 Å². The molecule has 0 spiro atoms. The van der Waals surface area contributed by atoms with E-state index in [1.54, 1.807) is 0 Å². The molecule has 0 aromatic heterocycles. The number of rotatable bonds is 2. The summed E-state index contributed by atoms with van der Waals surface area (Å²) in [4.78, 5) is 0. The molecule has 0 fully saturated rings. The summed E-state index contributed by atoms with van der Waals surface area (Å²) in [5, 5.41) is 0. The molecule has 0 saturated heterocycles. The van der Waals surface area contributed by atoms with Crippen LogP contribution in [0, 0.1) is 0 Å². The first-order valence-corrected chi connectivity index (χ1v) is 5.60. The molecule has 0 aliphatic carbocycles. The van der Waals surface area contributed by atoms with E-state index in [0.29, 0.717) is 0 Å². The largest absolute Gasteiger partial charge is 0.247 e. The first-order chi connectivity index (χ1) is 3.12. The zero-order valence-corrected chi connectivity index (χ0v) is 10.3. The molecule has 0 nitrogen and oxygen atoms in total. The summed E-state index contributed by atoms with van der Waals surface area (Å²) in [6, 6.07) is 0. The van der Waals surface area contributed by atoms with Crippen molar-refractivity contribution in [2.75, 3.05) is 24.0 Å². The van der Waals surface area contributed by atoms with Gasteiger partial charge in [-0.25, -0.2) is 10.0 Å². The van der Waals surface area contributed by atoms with Crippen molar-refractivity contribution >= 4 is 10.0 Å². The van der Waals surface area contributed by atoms with E-state index in [-0.39, 0.29) is 29.5 Å². The maximum Gasteiger partial charge on any atom is 0 e. The minimum Gasteiger partial charge on any atom is -0.247 e. The molecule has 0 radical (unpaired) electrons. The van der Waals surface area contributed by atoms with Crippen molar-refractivity contribution in [3.8, 4) is 0 Å². The van der Waals surface area contributed by atoms with Crippen LogP contribution in [0.5, 0.6) is 0 Å². The van der Waals surface area contributed by atoms with Crippen LogP contribution in [0.2, 0.25) is 0 Å². The van der Waals surface area contributed by atoms with Crippen molar-refractivity contribution in [2.24, 2.45) is 0 Å². The Kier molecular flexibility index (Phi) is 7.06. The van der Waals surface area contributed by atoms with E-state index >= 15 is 0 Å². The molecular formula is C6H16SZn. The van der Waals surface area contributed by atoms with E-state index in [9.17, 15) is 0 Å². The third-order valence-corrected chi connectivity index (χ3v) is 4.69. The molecule has 8 heavy (non-hydrogen) atoms. The van der Waals surface area contributed by atoms with Gasteiger partial charge < -0.3 is 0 Å². The van der Waals surface area contributed by atoms with Gasteiger partial charge in [0.1, 0.15) is 0 Å². The Bertz CT molecular complexity index is 46.5. The van der Waals surface area contributed by atoms with E-state index in [1.807, 2.05) is 0 Å². The van der Waals surface area contributed by atoms with E-state index in [0.717, 1.165) is 0 Å². The molecule has 48 valence electrons. The van der Waals surface area contributed by atoms with Crippen molar-refractivity contribution in [3.63, 3.8) is 0 Å². The van der Waals surface area contributed by atoms with Crippen LogP contribution in [-0.4, -0.2) is 24.0 Å². The monoisotopic (exact) mass is 184 g/mol. The molecular weight excluding hydrogens is 170 g/mol. The zero-order valence-electron chi connectivity index (χ0n) is 6.53. The van der Waals surface area contributed by atoms with Gasteiger partial charge in [0.25, 0.3) is 0 Å². The standard InChI is InChI=1S/C6H16S.Zn/c1-5-7(3,4)6-2;/h5-6H2,1-4H3;. The smallest absolute Gasteiger partial charge is 0 e. The van der Waals surface area contributed by atoms with Crippen molar-refractivity contribution in [1.29, 1.82) is 0 Å². The Morgan fingerprint density at radius 3 is 1.25 bits per heavy atom.